The second-order valence-electron chi connectivity index (χ2n) is 4.71. The molecule has 0 radical (unpaired) electrons. The van der Waals surface area contributed by atoms with Crippen LogP contribution in [-0.4, -0.2) is 52.1 Å². The largest absolute Gasteiger partial charge is 0.480 e. The average Bonchev–Trinajstić information content (AvgIpc) is 2.55. The molecule has 1 aliphatic rings. The SMILES string of the molecule is CCCN1C(=O)CC(NC(C)(C(=O)O)C(F)(F)F)C1=O. The predicted molar refractivity (Wildman–Crippen MR) is 60.6 cm³/mol. The minimum absolute atomic E-state index is 0.103. The molecule has 0 spiro atoms. The minimum Gasteiger partial charge on any atom is -0.480 e. The molecule has 0 aliphatic carbocycles. The zero-order chi connectivity index (χ0) is 15.7. The zero-order valence-corrected chi connectivity index (χ0v) is 11.0. The smallest absolute Gasteiger partial charge is 0.417 e. The number of hydrogen-bond donors (Lipinski definition) is 2. The fourth-order valence-corrected chi connectivity index (χ4v) is 1.87. The fraction of sp³-hybridized carbons (Fsp3) is 0.727. The van der Waals surface area contributed by atoms with Gasteiger partial charge in [0, 0.05) is 6.54 Å². The van der Waals surface area contributed by atoms with Crippen LogP contribution in [0.15, 0.2) is 0 Å². The van der Waals surface area contributed by atoms with E-state index in [2.05, 4.69) is 0 Å². The first-order chi connectivity index (χ1) is 9.04. The van der Waals surface area contributed by atoms with Gasteiger partial charge in [0.05, 0.1) is 12.5 Å². The lowest BCUT2D eigenvalue weighted by molar-refractivity contribution is -0.207. The molecule has 1 rings (SSSR count). The summed E-state index contributed by atoms with van der Waals surface area (Å²) in [4.78, 5) is 35.0. The van der Waals surface area contributed by atoms with Gasteiger partial charge in [-0.05, 0) is 13.3 Å². The zero-order valence-electron chi connectivity index (χ0n) is 11.0. The lowest BCUT2D eigenvalue weighted by Gasteiger charge is -2.30. The van der Waals surface area contributed by atoms with Crippen LogP contribution in [0.2, 0.25) is 0 Å². The highest BCUT2D eigenvalue weighted by Gasteiger charge is 2.59. The Labute approximate surface area is 112 Å². The molecule has 2 unspecified atom stereocenters. The summed E-state index contributed by atoms with van der Waals surface area (Å²) in [6.45, 7) is 2.24. The predicted octanol–water partition coefficient (Wildman–Crippen LogP) is 0.519. The first-order valence-electron chi connectivity index (χ1n) is 5.96. The van der Waals surface area contributed by atoms with E-state index in [1.807, 2.05) is 0 Å². The highest BCUT2D eigenvalue weighted by atomic mass is 19.4. The summed E-state index contributed by atoms with van der Waals surface area (Å²) in [5, 5.41) is 10.5. The summed E-state index contributed by atoms with van der Waals surface area (Å²) >= 11 is 0. The number of imide groups is 1. The second-order valence-corrected chi connectivity index (χ2v) is 4.71. The molecular weight excluding hydrogens is 281 g/mol. The number of nitrogens with zero attached hydrogens (tertiary/aromatic N) is 1. The fourth-order valence-electron chi connectivity index (χ4n) is 1.87. The van der Waals surface area contributed by atoms with Crippen molar-refractivity contribution in [2.24, 2.45) is 0 Å². The Balaban J connectivity index is 2.95. The minimum atomic E-state index is -5.10. The Kier molecular flexibility index (Phi) is 4.42. The Bertz CT molecular complexity index is 438. The van der Waals surface area contributed by atoms with Gasteiger partial charge in [-0.15, -0.1) is 0 Å². The van der Waals surface area contributed by atoms with Crippen LogP contribution in [0.5, 0.6) is 0 Å². The van der Waals surface area contributed by atoms with E-state index >= 15 is 0 Å². The van der Waals surface area contributed by atoms with Crippen molar-refractivity contribution in [3.8, 4) is 0 Å². The number of hydrogen-bond acceptors (Lipinski definition) is 4. The number of carboxylic acids is 1. The van der Waals surface area contributed by atoms with Crippen LogP contribution in [0.25, 0.3) is 0 Å². The van der Waals surface area contributed by atoms with Gasteiger partial charge >= 0.3 is 12.1 Å². The third kappa shape index (κ3) is 2.77. The molecule has 0 aromatic heterocycles. The maximum Gasteiger partial charge on any atom is 0.417 e. The molecule has 9 heteroatoms. The van der Waals surface area contributed by atoms with Gasteiger partial charge in [-0.25, -0.2) is 4.79 Å². The van der Waals surface area contributed by atoms with Crippen LogP contribution in [0.4, 0.5) is 13.2 Å². The molecule has 2 N–H and O–H groups in total. The number of amides is 2. The highest BCUT2D eigenvalue weighted by Crippen LogP contribution is 2.32. The number of carbonyl (C=O) groups is 3. The number of carbonyl (C=O) groups excluding carboxylic acids is 2. The first kappa shape index (κ1) is 16.4. The topological polar surface area (TPSA) is 86.7 Å². The molecular formula is C11H15F3N2O4. The Morgan fingerprint density at radius 1 is 1.45 bits per heavy atom. The van der Waals surface area contributed by atoms with E-state index in [-0.39, 0.29) is 6.54 Å². The van der Waals surface area contributed by atoms with Crippen molar-refractivity contribution in [2.45, 2.75) is 44.4 Å². The summed E-state index contributed by atoms with van der Waals surface area (Å²) in [5.41, 5.74) is -3.28. The van der Waals surface area contributed by atoms with E-state index in [0.29, 0.717) is 13.3 Å². The van der Waals surface area contributed by atoms with Crippen LogP contribution in [0.3, 0.4) is 0 Å². The number of nitrogens with one attached hydrogen (secondary N) is 1. The molecule has 1 saturated heterocycles. The lowest BCUT2D eigenvalue weighted by Crippen LogP contribution is -2.64. The Hall–Kier alpha value is -1.64. The molecule has 6 nitrogen and oxygen atoms in total. The maximum absolute atomic E-state index is 12.8. The quantitative estimate of drug-likeness (QED) is 0.722. The van der Waals surface area contributed by atoms with Crippen molar-refractivity contribution in [3.05, 3.63) is 0 Å². The summed E-state index contributed by atoms with van der Waals surface area (Å²) in [6, 6.07) is -1.48. The third-order valence-electron chi connectivity index (χ3n) is 3.15. The first-order valence-corrected chi connectivity index (χ1v) is 5.96. The highest BCUT2D eigenvalue weighted by molar-refractivity contribution is 6.05. The molecule has 1 heterocycles. The summed E-state index contributed by atoms with van der Waals surface area (Å²) < 4.78 is 38.5. The normalized spacial score (nSPS) is 23.1. The number of carboxylic acid groups (broad SMARTS) is 1. The monoisotopic (exact) mass is 296 g/mol. The number of aliphatic carboxylic acids is 1. The molecule has 0 aromatic carbocycles. The van der Waals surface area contributed by atoms with E-state index in [9.17, 15) is 27.6 Å². The maximum atomic E-state index is 12.8. The number of rotatable bonds is 5. The molecule has 2 amide bonds. The standard InChI is InChI=1S/C11H15F3N2O4/c1-3-4-16-7(17)5-6(8(16)18)15-10(2,9(19)20)11(12,13)14/h6,15H,3-5H2,1-2H3,(H,19,20). The summed E-state index contributed by atoms with van der Waals surface area (Å²) in [6.07, 6.45) is -5.10. The molecule has 20 heavy (non-hydrogen) atoms. The molecule has 0 aromatic rings. The van der Waals surface area contributed by atoms with Gasteiger partial charge in [0.1, 0.15) is 0 Å². The number of halogens is 3. The van der Waals surface area contributed by atoms with Gasteiger partial charge < -0.3 is 5.11 Å². The number of likely N-dealkylation sites (tertiary alicyclic amines) is 1. The van der Waals surface area contributed by atoms with Crippen LogP contribution >= 0.6 is 0 Å². The molecule has 2 atom stereocenters. The van der Waals surface area contributed by atoms with Gasteiger partial charge in [0.15, 0.2) is 0 Å². The van der Waals surface area contributed by atoms with Crippen LogP contribution in [0, 0.1) is 0 Å². The molecule has 114 valence electrons. The average molecular weight is 296 g/mol. The molecule has 0 saturated carbocycles. The Morgan fingerprint density at radius 2 is 2.00 bits per heavy atom. The van der Waals surface area contributed by atoms with Crippen molar-refractivity contribution in [1.82, 2.24) is 10.2 Å². The lowest BCUT2D eigenvalue weighted by atomic mass is 10.00. The summed E-state index contributed by atoms with van der Waals surface area (Å²) in [5.74, 6) is -3.59. The van der Waals surface area contributed by atoms with Crippen molar-refractivity contribution >= 4 is 17.8 Å². The third-order valence-corrected chi connectivity index (χ3v) is 3.15. The van der Waals surface area contributed by atoms with Crippen LogP contribution < -0.4 is 5.32 Å². The van der Waals surface area contributed by atoms with Gasteiger partial charge in [-0.1, -0.05) is 6.92 Å². The van der Waals surface area contributed by atoms with E-state index < -0.39 is 42.0 Å². The van der Waals surface area contributed by atoms with Crippen LogP contribution in [-0.2, 0) is 14.4 Å². The van der Waals surface area contributed by atoms with Gasteiger partial charge in [-0.2, -0.15) is 13.2 Å². The van der Waals surface area contributed by atoms with Crippen molar-refractivity contribution < 1.29 is 32.7 Å². The van der Waals surface area contributed by atoms with Gasteiger partial charge in [0.25, 0.3) is 0 Å². The van der Waals surface area contributed by atoms with E-state index in [0.717, 1.165) is 4.90 Å². The van der Waals surface area contributed by atoms with Gasteiger partial charge in [-0.3, -0.25) is 19.8 Å². The second kappa shape index (κ2) is 5.39. The van der Waals surface area contributed by atoms with E-state index in [1.54, 1.807) is 12.2 Å². The molecule has 1 aliphatic heterocycles. The Morgan fingerprint density at radius 3 is 2.40 bits per heavy atom. The van der Waals surface area contributed by atoms with Gasteiger partial charge in [0.2, 0.25) is 17.4 Å². The van der Waals surface area contributed by atoms with Crippen molar-refractivity contribution in [3.63, 3.8) is 0 Å². The van der Waals surface area contributed by atoms with Crippen molar-refractivity contribution in [2.75, 3.05) is 6.54 Å². The summed E-state index contributed by atoms with van der Waals surface area (Å²) in [7, 11) is 0. The van der Waals surface area contributed by atoms with Crippen LogP contribution in [0.1, 0.15) is 26.7 Å². The van der Waals surface area contributed by atoms with E-state index in [1.165, 1.54) is 0 Å². The number of alkyl halides is 3. The molecule has 1 fully saturated rings. The van der Waals surface area contributed by atoms with Crippen molar-refractivity contribution in [1.29, 1.82) is 0 Å². The van der Waals surface area contributed by atoms with E-state index in [4.69, 9.17) is 5.11 Å². The molecule has 0 bridgehead atoms.